The van der Waals surface area contributed by atoms with E-state index in [1.807, 2.05) is 4.98 Å². The Labute approximate surface area is 79.9 Å². The molecule has 0 radical (unpaired) electrons. The smallest absolute Gasteiger partial charge is 0.503 e. The van der Waals surface area contributed by atoms with Crippen molar-refractivity contribution in [1.29, 1.82) is 0 Å². The first-order chi connectivity index (χ1) is 6.31. The quantitative estimate of drug-likeness (QED) is 0.769. The van der Waals surface area contributed by atoms with Gasteiger partial charge in [-0.2, -0.15) is 0 Å². The van der Waals surface area contributed by atoms with Gasteiger partial charge in [-0.1, -0.05) is 11.6 Å². The van der Waals surface area contributed by atoms with Crippen LogP contribution in [0, 0.1) is 0 Å². The second-order valence-corrected chi connectivity index (χ2v) is 2.57. The number of hydrogen-bond donors (Lipinski definition) is 2. The van der Waals surface area contributed by atoms with Crippen LogP contribution < -0.4 is 10.3 Å². The number of nitrogens with one attached hydrogen (secondary N) is 1. The predicted octanol–water partition coefficient (Wildman–Crippen LogP) is 1.63. The second-order valence-electron chi connectivity index (χ2n) is 2.19. The van der Waals surface area contributed by atoms with E-state index >= 15 is 0 Å². The minimum atomic E-state index is -5.02. The van der Waals surface area contributed by atoms with Crippen LogP contribution in [0.5, 0.6) is 11.5 Å². The van der Waals surface area contributed by atoms with Gasteiger partial charge in [0.2, 0.25) is 0 Å². The monoisotopic (exact) mass is 229 g/mol. The van der Waals surface area contributed by atoms with Crippen LogP contribution in [0.4, 0.5) is 13.2 Å². The SMILES string of the molecule is O=c1[nH]cc(O)c(OC(F)(F)F)c1Cl. The highest BCUT2D eigenvalue weighted by Crippen LogP contribution is 2.34. The zero-order chi connectivity index (χ0) is 10.9. The molecule has 0 spiro atoms. The number of alkyl halides is 3. The Morgan fingerprint density at radius 3 is 2.57 bits per heavy atom. The first-order valence-corrected chi connectivity index (χ1v) is 3.55. The summed E-state index contributed by atoms with van der Waals surface area (Å²) in [5.74, 6) is -2.00. The zero-order valence-electron chi connectivity index (χ0n) is 6.35. The van der Waals surface area contributed by atoms with E-state index < -0.39 is 28.4 Å². The van der Waals surface area contributed by atoms with E-state index in [9.17, 15) is 18.0 Å². The van der Waals surface area contributed by atoms with E-state index in [0.717, 1.165) is 0 Å². The van der Waals surface area contributed by atoms with Crippen LogP contribution in [-0.4, -0.2) is 16.5 Å². The molecule has 1 aromatic heterocycles. The van der Waals surface area contributed by atoms with Gasteiger partial charge in [-0.15, -0.1) is 13.2 Å². The molecule has 0 amide bonds. The lowest BCUT2D eigenvalue weighted by Crippen LogP contribution is -2.19. The summed E-state index contributed by atoms with van der Waals surface area (Å²) < 4.78 is 38.5. The summed E-state index contributed by atoms with van der Waals surface area (Å²) in [5, 5.41) is 8.04. The number of halogens is 4. The molecule has 0 aromatic carbocycles. The Hall–Kier alpha value is -1.37. The average molecular weight is 230 g/mol. The second kappa shape index (κ2) is 3.41. The highest BCUT2D eigenvalue weighted by Gasteiger charge is 2.34. The molecule has 14 heavy (non-hydrogen) atoms. The summed E-state index contributed by atoms with van der Waals surface area (Å²) in [7, 11) is 0. The number of aromatic amines is 1. The average Bonchev–Trinajstić information content (AvgIpc) is 2.04. The largest absolute Gasteiger partial charge is 0.573 e. The van der Waals surface area contributed by atoms with Crippen LogP contribution in [0.2, 0.25) is 5.02 Å². The number of aromatic hydroxyl groups is 1. The van der Waals surface area contributed by atoms with Gasteiger partial charge in [0, 0.05) is 0 Å². The molecule has 0 saturated heterocycles. The molecule has 1 heterocycles. The molecule has 78 valence electrons. The van der Waals surface area contributed by atoms with E-state index in [2.05, 4.69) is 4.74 Å². The van der Waals surface area contributed by atoms with Crippen LogP contribution in [0.25, 0.3) is 0 Å². The summed E-state index contributed by atoms with van der Waals surface area (Å²) >= 11 is 5.18. The van der Waals surface area contributed by atoms with E-state index in [-0.39, 0.29) is 0 Å². The third-order valence-electron chi connectivity index (χ3n) is 1.19. The Kier molecular flexibility index (Phi) is 2.61. The zero-order valence-corrected chi connectivity index (χ0v) is 7.11. The Bertz CT molecular complexity index is 400. The number of hydrogen-bond acceptors (Lipinski definition) is 3. The molecule has 0 fully saturated rings. The normalized spacial score (nSPS) is 11.4. The molecule has 0 aliphatic carbocycles. The number of ether oxygens (including phenoxy) is 1. The van der Waals surface area contributed by atoms with Crippen molar-refractivity contribution >= 4 is 11.6 Å². The standard InChI is InChI=1S/C6H3ClF3NO3/c7-3-4(14-6(8,9)10)2(12)1-11-5(3)13/h1,12H,(H,11,13). The van der Waals surface area contributed by atoms with E-state index in [4.69, 9.17) is 16.7 Å². The Morgan fingerprint density at radius 1 is 1.50 bits per heavy atom. The number of rotatable bonds is 1. The minimum absolute atomic E-state index is 0.648. The summed E-state index contributed by atoms with van der Waals surface area (Å²) in [6.07, 6.45) is -4.37. The first kappa shape index (κ1) is 10.7. The van der Waals surface area contributed by atoms with Crippen LogP contribution in [0.3, 0.4) is 0 Å². The van der Waals surface area contributed by atoms with Crippen molar-refractivity contribution in [2.75, 3.05) is 0 Å². The number of aromatic nitrogens is 1. The van der Waals surface area contributed by atoms with Crippen molar-refractivity contribution in [1.82, 2.24) is 4.98 Å². The summed E-state index contributed by atoms with van der Waals surface area (Å²) in [5.41, 5.74) is -0.983. The van der Waals surface area contributed by atoms with E-state index in [1.165, 1.54) is 0 Å². The van der Waals surface area contributed by atoms with Gasteiger partial charge in [0.1, 0.15) is 0 Å². The highest BCUT2D eigenvalue weighted by atomic mass is 35.5. The van der Waals surface area contributed by atoms with Crippen molar-refractivity contribution < 1.29 is 23.0 Å². The van der Waals surface area contributed by atoms with Crippen molar-refractivity contribution in [3.63, 3.8) is 0 Å². The van der Waals surface area contributed by atoms with Crippen LogP contribution >= 0.6 is 11.6 Å². The lowest BCUT2D eigenvalue weighted by molar-refractivity contribution is -0.275. The topological polar surface area (TPSA) is 62.3 Å². The molecule has 2 N–H and O–H groups in total. The molecule has 1 aromatic rings. The summed E-state index contributed by atoms with van der Waals surface area (Å²) in [4.78, 5) is 12.6. The Balaban J connectivity index is 3.20. The third kappa shape index (κ3) is 2.32. The van der Waals surface area contributed by atoms with Gasteiger partial charge in [0.15, 0.2) is 16.5 Å². The van der Waals surface area contributed by atoms with Gasteiger partial charge >= 0.3 is 6.36 Å². The van der Waals surface area contributed by atoms with Gasteiger partial charge in [-0.05, 0) is 0 Å². The molecule has 0 atom stereocenters. The summed E-state index contributed by atoms with van der Waals surface area (Å²) in [6.45, 7) is 0. The number of pyridine rings is 1. The van der Waals surface area contributed by atoms with Crippen molar-refractivity contribution in [3.8, 4) is 11.5 Å². The molecule has 0 aliphatic heterocycles. The van der Waals surface area contributed by atoms with Crippen molar-refractivity contribution in [3.05, 3.63) is 21.6 Å². The Morgan fingerprint density at radius 2 is 2.07 bits per heavy atom. The molecule has 0 unspecified atom stereocenters. The van der Waals surface area contributed by atoms with Crippen molar-refractivity contribution in [2.45, 2.75) is 6.36 Å². The lowest BCUT2D eigenvalue weighted by Gasteiger charge is -2.10. The molecule has 0 aliphatic rings. The number of H-pyrrole nitrogens is 1. The third-order valence-corrected chi connectivity index (χ3v) is 1.53. The molecule has 0 saturated carbocycles. The van der Waals surface area contributed by atoms with Gasteiger partial charge in [-0.25, -0.2) is 0 Å². The highest BCUT2D eigenvalue weighted by molar-refractivity contribution is 6.32. The maximum Gasteiger partial charge on any atom is 0.573 e. The fraction of sp³-hybridized carbons (Fsp3) is 0.167. The molecule has 8 heteroatoms. The first-order valence-electron chi connectivity index (χ1n) is 3.17. The van der Waals surface area contributed by atoms with Crippen LogP contribution in [0.1, 0.15) is 0 Å². The van der Waals surface area contributed by atoms with Crippen LogP contribution in [-0.2, 0) is 0 Å². The maximum absolute atomic E-state index is 11.7. The van der Waals surface area contributed by atoms with E-state index in [1.54, 1.807) is 0 Å². The molecular weight excluding hydrogens is 227 g/mol. The van der Waals surface area contributed by atoms with E-state index in [0.29, 0.717) is 6.20 Å². The van der Waals surface area contributed by atoms with Gasteiger partial charge in [-0.3, -0.25) is 4.79 Å². The van der Waals surface area contributed by atoms with Crippen LogP contribution in [0.15, 0.2) is 11.0 Å². The van der Waals surface area contributed by atoms with Gasteiger partial charge in [0.25, 0.3) is 5.56 Å². The maximum atomic E-state index is 11.7. The molecule has 4 nitrogen and oxygen atoms in total. The lowest BCUT2D eigenvalue weighted by atomic mass is 10.4. The fourth-order valence-electron chi connectivity index (χ4n) is 0.691. The fourth-order valence-corrected chi connectivity index (χ4v) is 0.881. The van der Waals surface area contributed by atoms with Crippen molar-refractivity contribution in [2.24, 2.45) is 0 Å². The van der Waals surface area contributed by atoms with Gasteiger partial charge < -0.3 is 14.8 Å². The van der Waals surface area contributed by atoms with Gasteiger partial charge in [0.05, 0.1) is 6.20 Å². The minimum Gasteiger partial charge on any atom is -0.503 e. The molecular formula is C6H3ClF3NO3. The molecule has 1 rings (SSSR count). The molecule has 0 bridgehead atoms. The predicted molar refractivity (Wildman–Crippen MR) is 40.4 cm³/mol. The summed E-state index contributed by atoms with van der Waals surface area (Å²) in [6, 6.07) is 0.